The van der Waals surface area contributed by atoms with Crippen LogP contribution in [0.3, 0.4) is 0 Å². The van der Waals surface area contributed by atoms with E-state index in [0.717, 1.165) is 0 Å². The van der Waals surface area contributed by atoms with E-state index >= 15 is 0 Å². The van der Waals surface area contributed by atoms with Gasteiger partial charge in [-0.05, 0) is 25.2 Å². The summed E-state index contributed by atoms with van der Waals surface area (Å²) in [6.45, 7) is 1.26. The average molecular weight is 210 g/mol. The maximum absolute atomic E-state index is 12.6. The van der Waals surface area contributed by atoms with Gasteiger partial charge in [-0.1, -0.05) is 0 Å². The van der Waals surface area contributed by atoms with Crippen molar-refractivity contribution in [3.05, 3.63) is 0 Å². The number of aliphatic hydroxyl groups is 1. The van der Waals surface area contributed by atoms with Gasteiger partial charge in [0.2, 0.25) is 0 Å². The highest BCUT2D eigenvalue weighted by Gasteiger charge is 2.37. The van der Waals surface area contributed by atoms with E-state index in [-0.39, 0.29) is 36.4 Å². The molecule has 1 fully saturated rings. The van der Waals surface area contributed by atoms with Gasteiger partial charge in [0, 0.05) is 6.61 Å². The summed E-state index contributed by atoms with van der Waals surface area (Å²) in [6, 6.07) is 0. The summed E-state index contributed by atoms with van der Waals surface area (Å²) in [4.78, 5) is 0. The lowest BCUT2D eigenvalue weighted by Gasteiger charge is -2.15. The third-order valence-corrected chi connectivity index (χ3v) is 4.34. The first-order valence-corrected chi connectivity index (χ1v) is 6.22. The van der Waals surface area contributed by atoms with Gasteiger partial charge < -0.3 is 5.11 Å². The third-order valence-electron chi connectivity index (χ3n) is 2.46. The fourth-order valence-electron chi connectivity index (χ4n) is 1.87. The molecule has 0 bridgehead atoms. The molecule has 0 aromatic carbocycles. The molecule has 0 amide bonds. The lowest BCUT2D eigenvalue weighted by atomic mass is 9.92. The van der Waals surface area contributed by atoms with Crippen molar-refractivity contribution in [2.75, 3.05) is 18.1 Å². The quantitative estimate of drug-likeness (QED) is 0.733. The summed E-state index contributed by atoms with van der Waals surface area (Å²) < 4.78 is 35.0. The molecule has 3 nitrogen and oxygen atoms in total. The Bertz CT molecular complexity index is 261. The van der Waals surface area contributed by atoms with Crippen molar-refractivity contribution in [2.45, 2.75) is 19.5 Å². The van der Waals surface area contributed by atoms with E-state index in [1.807, 2.05) is 0 Å². The number of halogens is 1. The minimum Gasteiger partial charge on any atom is -0.396 e. The molecule has 1 aliphatic rings. The Kier molecular flexibility index (Phi) is 3.29. The Morgan fingerprint density at radius 1 is 1.46 bits per heavy atom. The third kappa shape index (κ3) is 2.91. The van der Waals surface area contributed by atoms with Crippen molar-refractivity contribution in [1.29, 1.82) is 0 Å². The highest BCUT2D eigenvalue weighted by Crippen LogP contribution is 2.29. The first-order valence-electron chi connectivity index (χ1n) is 4.40. The van der Waals surface area contributed by atoms with E-state index in [0.29, 0.717) is 0 Å². The minimum atomic E-state index is -3.03. The number of alkyl halides is 1. The summed E-state index contributed by atoms with van der Waals surface area (Å²) >= 11 is 0. The van der Waals surface area contributed by atoms with Gasteiger partial charge in [-0.3, -0.25) is 0 Å². The normalized spacial score (nSPS) is 34.7. The molecule has 1 N–H and O–H groups in total. The van der Waals surface area contributed by atoms with Gasteiger partial charge in [-0.25, -0.2) is 12.8 Å². The molecule has 1 rings (SSSR count). The SMILES string of the molecule is CC(F)CC1CS(=O)(=O)CC1CO. The van der Waals surface area contributed by atoms with Crippen molar-refractivity contribution in [3.8, 4) is 0 Å². The van der Waals surface area contributed by atoms with Gasteiger partial charge in [0.05, 0.1) is 17.7 Å². The molecule has 0 saturated carbocycles. The smallest absolute Gasteiger partial charge is 0.150 e. The maximum Gasteiger partial charge on any atom is 0.150 e. The molecule has 3 unspecified atom stereocenters. The number of sulfone groups is 1. The highest BCUT2D eigenvalue weighted by molar-refractivity contribution is 7.91. The number of rotatable bonds is 3. The topological polar surface area (TPSA) is 54.4 Å². The molecule has 1 aliphatic heterocycles. The maximum atomic E-state index is 12.6. The highest BCUT2D eigenvalue weighted by atomic mass is 32.2. The van der Waals surface area contributed by atoms with Gasteiger partial charge >= 0.3 is 0 Å². The van der Waals surface area contributed by atoms with Crippen molar-refractivity contribution in [1.82, 2.24) is 0 Å². The molecule has 3 atom stereocenters. The van der Waals surface area contributed by atoms with Crippen molar-refractivity contribution in [3.63, 3.8) is 0 Å². The first kappa shape index (κ1) is 10.9. The molecule has 1 saturated heterocycles. The molecule has 0 aromatic heterocycles. The van der Waals surface area contributed by atoms with Crippen LogP contribution in [0.25, 0.3) is 0 Å². The largest absolute Gasteiger partial charge is 0.396 e. The molecule has 78 valence electrons. The molecule has 0 spiro atoms. The van der Waals surface area contributed by atoms with Gasteiger partial charge in [0.1, 0.15) is 0 Å². The fraction of sp³-hybridized carbons (Fsp3) is 1.00. The second-order valence-electron chi connectivity index (χ2n) is 3.80. The van der Waals surface area contributed by atoms with Gasteiger partial charge in [0.15, 0.2) is 9.84 Å². The monoisotopic (exact) mass is 210 g/mol. The Morgan fingerprint density at radius 3 is 2.46 bits per heavy atom. The Labute approximate surface area is 77.9 Å². The minimum absolute atomic E-state index is 0.0148. The van der Waals surface area contributed by atoms with Crippen molar-refractivity contribution >= 4 is 9.84 Å². The zero-order valence-electron chi connectivity index (χ0n) is 7.61. The summed E-state index contributed by atoms with van der Waals surface area (Å²) in [5, 5.41) is 8.89. The molecule has 5 heteroatoms. The van der Waals surface area contributed by atoms with Crippen LogP contribution in [0.1, 0.15) is 13.3 Å². The van der Waals surface area contributed by atoms with Crippen molar-refractivity contribution < 1.29 is 17.9 Å². The summed E-state index contributed by atoms with van der Waals surface area (Å²) in [6.07, 6.45) is -0.753. The van der Waals surface area contributed by atoms with Crippen LogP contribution < -0.4 is 0 Å². The number of hydrogen-bond donors (Lipinski definition) is 1. The summed E-state index contributed by atoms with van der Waals surface area (Å²) in [5.74, 6) is -0.411. The molecular formula is C8H15FO3S. The Morgan fingerprint density at radius 2 is 2.00 bits per heavy atom. The van der Waals surface area contributed by atoms with E-state index in [9.17, 15) is 12.8 Å². The standard InChI is InChI=1S/C8H15FO3S/c1-6(9)2-7-4-13(11,12)5-8(7)3-10/h6-8,10H,2-5H2,1H3. The lowest BCUT2D eigenvalue weighted by molar-refractivity contribution is 0.181. The van der Waals surface area contributed by atoms with E-state index in [1.54, 1.807) is 0 Å². The average Bonchev–Trinajstić information content (AvgIpc) is 2.24. The van der Waals surface area contributed by atoms with E-state index < -0.39 is 16.0 Å². The van der Waals surface area contributed by atoms with Crippen LogP contribution in [0.4, 0.5) is 4.39 Å². The molecule has 1 heterocycles. The second kappa shape index (κ2) is 3.92. The van der Waals surface area contributed by atoms with Crippen LogP contribution in [-0.4, -0.2) is 37.8 Å². The number of hydrogen-bond acceptors (Lipinski definition) is 3. The van der Waals surface area contributed by atoms with Crippen LogP contribution in [0.5, 0.6) is 0 Å². The van der Waals surface area contributed by atoms with Gasteiger partial charge in [-0.2, -0.15) is 0 Å². The molecular weight excluding hydrogens is 195 g/mol. The van der Waals surface area contributed by atoms with Crippen molar-refractivity contribution in [2.24, 2.45) is 11.8 Å². The Hall–Kier alpha value is -0.160. The van der Waals surface area contributed by atoms with E-state index in [4.69, 9.17) is 5.11 Å². The number of aliphatic hydroxyl groups excluding tert-OH is 1. The van der Waals surface area contributed by atoms with Gasteiger partial charge in [-0.15, -0.1) is 0 Å². The van der Waals surface area contributed by atoms with E-state index in [1.165, 1.54) is 6.92 Å². The lowest BCUT2D eigenvalue weighted by Crippen LogP contribution is -2.19. The first-order chi connectivity index (χ1) is 5.94. The summed E-state index contributed by atoms with van der Waals surface area (Å²) in [7, 11) is -3.03. The Balaban J connectivity index is 2.64. The van der Waals surface area contributed by atoms with Crippen LogP contribution in [0.15, 0.2) is 0 Å². The van der Waals surface area contributed by atoms with E-state index in [2.05, 4.69) is 0 Å². The molecule has 13 heavy (non-hydrogen) atoms. The molecule has 0 aliphatic carbocycles. The molecule has 0 aromatic rings. The van der Waals surface area contributed by atoms with Crippen LogP contribution in [-0.2, 0) is 9.84 Å². The second-order valence-corrected chi connectivity index (χ2v) is 5.95. The zero-order chi connectivity index (χ0) is 10.1. The molecule has 0 radical (unpaired) electrons. The van der Waals surface area contributed by atoms with Crippen LogP contribution in [0.2, 0.25) is 0 Å². The van der Waals surface area contributed by atoms with Gasteiger partial charge in [0.25, 0.3) is 0 Å². The fourth-order valence-corrected chi connectivity index (χ4v) is 4.10. The predicted octanol–water partition coefficient (Wildman–Crippen LogP) is 0.388. The predicted molar refractivity (Wildman–Crippen MR) is 47.9 cm³/mol. The zero-order valence-corrected chi connectivity index (χ0v) is 8.43. The van der Waals surface area contributed by atoms with Crippen LogP contribution >= 0.6 is 0 Å². The summed E-state index contributed by atoms with van der Waals surface area (Å²) in [5.41, 5.74) is 0. The van der Waals surface area contributed by atoms with Crippen LogP contribution in [0, 0.1) is 11.8 Å².